The molecule has 0 aliphatic heterocycles. The Kier molecular flexibility index (Phi) is 4.85. The van der Waals surface area contributed by atoms with Crippen molar-refractivity contribution in [3.8, 4) is 0 Å². The lowest BCUT2D eigenvalue weighted by Gasteiger charge is -2.11. The van der Waals surface area contributed by atoms with Gasteiger partial charge in [-0.15, -0.1) is 0 Å². The van der Waals surface area contributed by atoms with Gasteiger partial charge in [-0.05, 0) is 56.4 Å². The van der Waals surface area contributed by atoms with E-state index >= 15 is 0 Å². The predicted molar refractivity (Wildman–Crippen MR) is 118 cm³/mol. The standard InChI is InChI=1S/C25H24N2O4/c1-14-18-10-20-17-7-3-4-8-21(17)30-24(20)15(2)23(18)31-25(29)19(14)11-22(28)27-13-16-6-5-9-26-12-16/h5-6,9-10,12H,3-4,7-8,11,13H2,1-2H3,(H,27,28). The van der Waals surface area contributed by atoms with Gasteiger partial charge in [0.05, 0.1) is 12.0 Å². The molecular weight excluding hydrogens is 392 g/mol. The minimum absolute atomic E-state index is 0.0229. The number of hydrogen-bond donors (Lipinski definition) is 1. The lowest BCUT2D eigenvalue weighted by Crippen LogP contribution is -2.27. The zero-order valence-electron chi connectivity index (χ0n) is 17.7. The molecule has 6 nitrogen and oxygen atoms in total. The second kappa shape index (κ2) is 7.69. The van der Waals surface area contributed by atoms with Crippen LogP contribution in [0.25, 0.3) is 21.9 Å². The van der Waals surface area contributed by atoms with Crippen LogP contribution < -0.4 is 10.9 Å². The molecule has 0 atom stereocenters. The SMILES string of the molecule is Cc1c(CC(=O)NCc2cccnc2)c(=O)oc2c(C)c3oc4c(c3cc12)CCCC4. The Hall–Kier alpha value is -3.41. The fraction of sp³-hybridized carbons (Fsp3) is 0.320. The quantitative estimate of drug-likeness (QED) is 0.502. The second-order valence-corrected chi connectivity index (χ2v) is 8.27. The number of carbonyl (C=O) groups excluding carboxylic acids is 1. The highest BCUT2D eigenvalue weighted by molar-refractivity contribution is 6.00. The average molecular weight is 416 g/mol. The topological polar surface area (TPSA) is 85.3 Å². The molecule has 1 aromatic carbocycles. The minimum Gasteiger partial charge on any atom is -0.460 e. The fourth-order valence-electron chi connectivity index (χ4n) is 4.55. The number of hydrogen-bond acceptors (Lipinski definition) is 5. The van der Waals surface area contributed by atoms with E-state index in [2.05, 4.69) is 16.4 Å². The van der Waals surface area contributed by atoms with Crippen LogP contribution in [0, 0.1) is 13.8 Å². The fourth-order valence-corrected chi connectivity index (χ4v) is 4.55. The van der Waals surface area contributed by atoms with Crippen molar-refractivity contribution in [1.29, 1.82) is 0 Å². The maximum Gasteiger partial charge on any atom is 0.340 e. The average Bonchev–Trinajstić information content (AvgIpc) is 3.16. The molecule has 0 fully saturated rings. The number of carbonyl (C=O) groups is 1. The zero-order valence-corrected chi connectivity index (χ0v) is 17.7. The van der Waals surface area contributed by atoms with Gasteiger partial charge in [-0.3, -0.25) is 9.78 Å². The Morgan fingerprint density at radius 3 is 2.71 bits per heavy atom. The van der Waals surface area contributed by atoms with Crippen molar-refractivity contribution in [1.82, 2.24) is 10.3 Å². The Morgan fingerprint density at radius 2 is 1.90 bits per heavy atom. The second-order valence-electron chi connectivity index (χ2n) is 8.27. The molecule has 3 heterocycles. The first-order valence-corrected chi connectivity index (χ1v) is 10.7. The van der Waals surface area contributed by atoms with Gasteiger partial charge in [-0.1, -0.05) is 6.07 Å². The number of benzene rings is 1. The van der Waals surface area contributed by atoms with Gasteiger partial charge in [-0.25, -0.2) is 4.79 Å². The summed E-state index contributed by atoms with van der Waals surface area (Å²) < 4.78 is 11.8. The summed E-state index contributed by atoms with van der Waals surface area (Å²) >= 11 is 0. The summed E-state index contributed by atoms with van der Waals surface area (Å²) in [7, 11) is 0. The van der Waals surface area contributed by atoms with Gasteiger partial charge in [0.25, 0.3) is 0 Å². The van der Waals surface area contributed by atoms with Gasteiger partial charge in [-0.2, -0.15) is 0 Å². The molecule has 1 N–H and O–H groups in total. The minimum atomic E-state index is -0.472. The molecule has 4 aromatic rings. The van der Waals surface area contributed by atoms with Gasteiger partial charge in [0.1, 0.15) is 16.9 Å². The van der Waals surface area contributed by atoms with E-state index in [1.54, 1.807) is 12.4 Å². The molecule has 0 saturated heterocycles. The molecule has 6 heteroatoms. The van der Waals surface area contributed by atoms with E-state index in [0.717, 1.165) is 64.5 Å². The van der Waals surface area contributed by atoms with Crippen LogP contribution in [0.3, 0.4) is 0 Å². The van der Waals surface area contributed by atoms with Crippen LogP contribution in [0.15, 0.2) is 44.2 Å². The first-order valence-electron chi connectivity index (χ1n) is 10.7. The van der Waals surface area contributed by atoms with Crippen molar-refractivity contribution >= 4 is 27.8 Å². The monoisotopic (exact) mass is 416 g/mol. The number of nitrogens with one attached hydrogen (secondary N) is 1. The lowest BCUT2D eigenvalue weighted by molar-refractivity contribution is -0.120. The zero-order chi connectivity index (χ0) is 21.5. The summed E-state index contributed by atoms with van der Waals surface area (Å²) in [6.07, 6.45) is 7.62. The van der Waals surface area contributed by atoms with Crippen LogP contribution in [0.5, 0.6) is 0 Å². The van der Waals surface area contributed by atoms with Crippen LogP contribution in [-0.2, 0) is 30.6 Å². The van der Waals surface area contributed by atoms with Gasteiger partial charge < -0.3 is 14.2 Å². The highest BCUT2D eigenvalue weighted by Gasteiger charge is 2.23. The maximum absolute atomic E-state index is 12.8. The number of furan rings is 1. The highest BCUT2D eigenvalue weighted by Crippen LogP contribution is 2.37. The third-order valence-electron chi connectivity index (χ3n) is 6.27. The Labute approximate surface area is 179 Å². The van der Waals surface area contributed by atoms with E-state index in [1.807, 2.05) is 26.0 Å². The summed E-state index contributed by atoms with van der Waals surface area (Å²) in [6.45, 7) is 4.19. The van der Waals surface area contributed by atoms with Crippen LogP contribution >= 0.6 is 0 Å². The Balaban J connectivity index is 1.52. The third-order valence-corrected chi connectivity index (χ3v) is 6.27. The number of nitrogens with zero attached hydrogens (tertiary/aromatic N) is 1. The van der Waals surface area contributed by atoms with E-state index in [0.29, 0.717) is 17.7 Å². The molecule has 0 spiro atoms. The molecule has 1 amide bonds. The summed E-state index contributed by atoms with van der Waals surface area (Å²) in [5.74, 6) is 0.826. The molecular formula is C25H24N2O4. The number of aryl methyl sites for hydroxylation is 4. The molecule has 0 bridgehead atoms. The molecule has 1 aliphatic carbocycles. The van der Waals surface area contributed by atoms with Gasteiger partial charge in [0.2, 0.25) is 5.91 Å². The number of rotatable bonds is 4. The molecule has 5 rings (SSSR count). The first-order chi connectivity index (χ1) is 15.0. The summed E-state index contributed by atoms with van der Waals surface area (Å²) in [5.41, 5.74) is 5.08. The van der Waals surface area contributed by atoms with Crippen molar-refractivity contribution in [2.75, 3.05) is 0 Å². The van der Waals surface area contributed by atoms with E-state index in [4.69, 9.17) is 8.83 Å². The van der Waals surface area contributed by atoms with Crippen molar-refractivity contribution in [2.45, 2.75) is 52.5 Å². The summed E-state index contributed by atoms with van der Waals surface area (Å²) in [5, 5.41) is 4.82. The van der Waals surface area contributed by atoms with Crippen molar-refractivity contribution in [3.05, 3.63) is 74.6 Å². The molecule has 0 radical (unpaired) electrons. The van der Waals surface area contributed by atoms with Crippen molar-refractivity contribution in [3.63, 3.8) is 0 Å². The number of aromatic nitrogens is 1. The van der Waals surface area contributed by atoms with Crippen LogP contribution in [0.4, 0.5) is 0 Å². The summed E-state index contributed by atoms with van der Waals surface area (Å²) in [6, 6.07) is 5.78. The van der Waals surface area contributed by atoms with Gasteiger partial charge in [0.15, 0.2) is 0 Å². The van der Waals surface area contributed by atoms with Crippen molar-refractivity contribution in [2.24, 2.45) is 0 Å². The van der Waals surface area contributed by atoms with E-state index in [9.17, 15) is 9.59 Å². The highest BCUT2D eigenvalue weighted by atomic mass is 16.4. The molecule has 158 valence electrons. The number of fused-ring (bicyclic) bond motifs is 4. The smallest absolute Gasteiger partial charge is 0.340 e. The van der Waals surface area contributed by atoms with Crippen LogP contribution in [-0.4, -0.2) is 10.9 Å². The number of pyridine rings is 1. The molecule has 1 aliphatic rings. The first kappa shape index (κ1) is 19.5. The Bertz CT molecular complexity index is 1370. The predicted octanol–water partition coefficient (Wildman–Crippen LogP) is 4.29. The number of amides is 1. The van der Waals surface area contributed by atoms with Gasteiger partial charge >= 0.3 is 5.63 Å². The summed E-state index contributed by atoms with van der Waals surface area (Å²) in [4.78, 5) is 29.3. The Morgan fingerprint density at radius 1 is 1.10 bits per heavy atom. The van der Waals surface area contributed by atoms with Crippen molar-refractivity contribution < 1.29 is 13.6 Å². The van der Waals surface area contributed by atoms with E-state index in [-0.39, 0.29) is 12.3 Å². The maximum atomic E-state index is 12.8. The lowest BCUT2D eigenvalue weighted by atomic mass is 9.93. The third kappa shape index (κ3) is 3.42. The largest absolute Gasteiger partial charge is 0.460 e. The van der Waals surface area contributed by atoms with Crippen LogP contribution in [0.2, 0.25) is 0 Å². The van der Waals surface area contributed by atoms with E-state index < -0.39 is 5.63 Å². The normalized spacial score (nSPS) is 13.5. The van der Waals surface area contributed by atoms with E-state index in [1.165, 1.54) is 5.56 Å². The molecule has 0 unspecified atom stereocenters. The molecule has 31 heavy (non-hydrogen) atoms. The molecule has 3 aromatic heterocycles. The van der Waals surface area contributed by atoms with Crippen LogP contribution in [0.1, 0.15) is 46.4 Å². The molecule has 0 saturated carbocycles. The van der Waals surface area contributed by atoms with Gasteiger partial charge in [0, 0.05) is 47.3 Å².